The fraction of sp³-hybridized carbons (Fsp3) is 0.143. The standard InChI is InChI=1S/C21H17F3N6O3/c1-32-19-15(27-18(31)10-13-4-2-3-5-16(13)33-21(22,23)24)8-14(11-26-19)12-6-7-30-17(9-12)28-20(25)29-30/h2-9,11H,10H2,1H3,(H2,25,29)(H,27,31). The molecule has 3 N–H and O–H groups in total. The molecule has 4 aromatic rings. The van der Waals surface area contributed by atoms with Crippen molar-refractivity contribution in [1.29, 1.82) is 0 Å². The van der Waals surface area contributed by atoms with Crippen LogP contribution in [0.2, 0.25) is 0 Å². The third-order valence-corrected chi connectivity index (χ3v) is 4.56. The Hall–Kier alpha value is -4.35. The first kappa shape index (κ1) is 21.9. The van der Waals surface area contributed by atoms with Crippen molar-refractivity contribution >= 4 is 23.2 Å². The second-order valence-electron chi connectivity index (χ2n) is 6.85. The molecule has 0 spiro atoms. The molecule has 0 saturated heterocycles. The van der Waals surface area contributed by atoms with Gasteiger partial charge >= 0.3 is 6.36 Å². The molecular weight excluding hydrogens is 441 g/mol. The zero-order chi connectivity index (χ0) is 23.6. The van der Waals surface area contributed by atoms with Gasteiger partial charge in [-0.2, -0.15) is 4.98 Å². The number of pyridine rings is 2. The number of amides is 1. The van der Waals surface area contributed by atoms with Gasteiger partial charge in [0.1, 0.15) is 11.4 Å². The van der Waals surface area contributed by atoms with Gasteiger partial charge in [-0.3, -0.25) is 4.79 Å². The maximum Gasteiger partial charge on any atom is 0.573 e. The van der Waals surface area contributed by atoms with Gasteiger partial charge in [0.2, 0.25) is 17.7 Å². The Balaban J connectivity index is 1.58. The molecule has 0 bridgehead atoms. The Kier molecular flexibility index (Phi) is 5.73. The average Bonchev–Trinajstić information content (AvgIpc) is 3.13. The molecular formula is C21H17F3N6O3. The molecule has 12 heteroatoms. The summed E-state index contributed by atoms with van der Waals surface area (Å²) < 4.78 is 48.7. The lowest BCUT2D eigenvalue weighted by Gasteiger charge is -2.14. The molecule has 4 rings (SSSR count). The molecule has 0 fully saturated rings. The number of nitrogen functional groups attached to an aromatic ring is 1. The van der Waals surface area contributed by atoms with Crippen LogP contribution in [0.5, 0.6) is 11.6 Å². The van der Waals surface area contributed by atoms with Crippen LogP contribution in [-0.4, -0.2) is 39.0 Å². The van der Waals surface area contributed by atoms with Crippen molar-refractivity contribution in [3.8, 4) is 22.8 Å². The van der Waals surface area contributed by atoms with E-state index in [-0.39, 0.29) is 29.5 Å². The van der Waals surface area contributed by atoms with Crippen LogP contribution in [0.4, 0.5) is 24.8 Å². The number of halogens is 3. The Morgan fingerprint density at radius 1 is 1.18 bits per heavy atom. The number of alkyl halides is 3. The van der Waals surface area contributed by atoms with Gasteiger partial charge in [0.15, 0.2) is 5.65 Å². The molecule has 0 radical (unpaired) electrons. The summed E-state index contributed by atoms with van der Waals surface area (Å²) in [4.78, 5) is 20.9. The zero-order valence-electron chi connectivity index (χ0n) is 17.1. The van der Waals surface area contributed by atoms with Crippen molar-refractivity contribution in [3.05, 3.63) is 60.4 Å². The molecule has 0 unspecified atom stereocenters. The van der Waals surface area contributed by atoms with Crippen LogP contribution in [0.15, 0.2) is 54.9 Å². The van der Waals surface area contributed by atoms with Crippen molar-refractivity contribution < 1.29 is 27.4 Å². The summed E-state index contributed by atoms with van der Waals surface area (Å²) in [6, 6.07) is 10.6. The Labute approximate surface area is 185 Å². The van der Waals surface area contributed by atoms with Gasteiger partial charge in [-0.25, -0.2) is 9.50 Å². The first-order chi connectivity index (χ1) is 15.7. The van der Waals surface area contributed by atoms with E-state index in [1.807, 2.05) is 0 Å². The largest absolute Gasteiger partial charge is 0.573 e. The van der Waals surface area contributed by atoms with E-state index in [1.54, 1.807) is 30.6 Å². The molecule has 0 atom stereocenters. The maximum atomic E-state index is 12.6. The Morgan fingerprint density at radius 2 is 1.97 bits per heavy atom. The van der Waals surface area contributed by atoms with Crippen molar-refractivity contribution in [1.82, 2.24) is 19.6 Å². The van der Waals surface area contributed by atoms with Gasteiger partial charge in [0.25, 0.3) is 0 Å². The first-order valence-corrected chi connectivity index (χ1v) is 9.51. The Bertz CT molecular complexity index is 1320. The van der Waals surface area contributed by atoms with E-state index >= 15 is 0 Å². The zero-order valence-corrected chi connectivity index (χ0v) is 17.1. The number of para-hydroxylation sites is 1. The van der Waals surface area contributed by atoms with Crippen LogP contribution >= 0.6 is 0 Å². The van der Waals surface area contributed by atoms with Gasteiger partial charge in [0, 0.05) is 23.5 Å². The molecule has 0 saturated carbocycles. The van der Waals surface area contributed by atoms with E-state index in [0.29, 0.717) is 11.2 Å². The molecule has 3 aromatic heterocycles. The fourth-order valence-corrected chi connectivity index (χ4v) is 3.18. The summed E-state index contributed by atoms with van der Waals surface area (Å²) in [6.45, 7) is 0. The third kappa shape index (κ3) is 5.11. The first-order valence-electron chi connectivity index (χ1n) is 9.51. The quantitative estimate of drug-likeness (QED) is 0.454. The highest BCUT2D eigenvalue weighted by Gasteiger charge is 2.32. The van der Waals surface area contributed by atoms with Gasteiger partial charge in [0.05, 0.1) is 13.5 Å². The molecule has 1 aromatic carbocycles. The third-order valence-electron chi connectivity index (χ3n) is 4.56. The maximum absolute atomic E-state index is 12.6. The van der Waals surface area contributed by atoms with Crippen molar-refractivity contribution in [2.24, 2.45) is 0 Å². The number of methoxy groups -OCH3 is 1. The summed E-state index contributed by atoms with van der Waals surface area (Å²) >= 11 is 0. The number of fused-ring (bicyclic) bond motifs is 1. The van der Waals surface area contributed by atoms with Crippen molar-refractivity contribution in [3.63, 3.8) is 0 Å². The summed E-state index contributed by atoms with van der Waals surface area (Å²) in [7, 11) is 1.38. The van der Waals surface area contributed by atoms with Crippen LogP contribution in [0.25, 0.3) is 16.8 Å². The minimum Gasteiger partial charge on any atom is -0.480 e. The van der Waals surface area contributed by atoms with E-state index in [1.165, 1.54) is 29.8 Å². The molecule has 0 aliphatic carbocycles. The normalized spacial score (nSPS) is 11.4. The van der Waals surface area contributed by atoms with Crippen LogP contribution < -0.4 is 20.5 Å². The highest BCUT2D eigenvalue weighted by Crippen LogP contribution is 2.30. The predicted molar refractivity (Wildman–Crippen MR) is 113 cm³/mol. The lowest BCUT2D eigenvalue weighted by atomic mass is 10.1. The van der Waals surface area contributed by atoms with Gasteiger partial charge < -0.3 is 20.5 Å². The number of aromatic nitrogens is 4. The van der Waals surface area contributed by atoms with Gasteiger partial charge in [-0.05, 0) is 29.8 Å². The number of nitrogens with one attached hydrogen (secondary N) is 1. The smallest absolute Gasteiger partial charge is 0.480 e. The molecule has 0 aliphatic rings. The summed E-state index contributed by atoms with van der Waals surface area (Å²) in [5.41, 5.74) is 7.82. The molecule has 1 amide bonds. The number of hydrogen-bond acceptors (Lipinski definition) is 7. The molecule has 9 nitrogen and oxygen atoms in total. The summed E-state index contributed by atoms with van der Waals surface area (Å²) in [6.07, 6.45) is -2.00. The molecule has 170 valence electrons. The fourth-order valence-electron chi connectivity index (χ4n) is 3.18. The van der Waals surface area contributed by atoms with E-state index in [4.69, 9.17) is 10.5 Å². The number of nitrogens with zero attached hydrogens (tertiary/aromatic N) is 4. The minimum atomic E-state index is -4.87. The van der Waals surface area contributed by atoms with Crippen LogP contribution in [-0.2, 0) is 11.2 Å². The van der Waals surface area contributed by atoms with Crippen LogP contribution in [0.3, 0.4) is 0 Å². The number of carbonyl (C=O) groups is 1. The second kappa shape index (κ2) is 8.65. The number of hydrogen-bond donors (Lipinski definition) is 2. The van der Waals surface area contributed by atoms with E-state index in [2.05, 4.69) is 25.1 Å². The van der Waals surface area contributed by atoms with E-state index in [9.17, 15) is 18.0 Å². The van der Waals surface area contributed by atoms with Crippen LogP contribution in [0.1, 0.15) is 5.56 Å². The lowest BCUT2D eigenvalue weighted by Crippen LogP contribution is -2.20. The number of nitrogens with two attached hydrogens (primary N) is 1. The highest BCUT2D eigenvalue weighted by atomic mass is 19.4. The SMILES string of the molecule is COc1ncc(-c2ccn3nc(N)nc3c2)cc1NC(=O)Cc1ccccc1OC(F)(F)F. The second-order valence-corrected chi connectivity index (χ2v) is 6.85. The molecule has 3 heterocycles. The van der Waals surface area contributed by atoms with Crippen LogP contribution in [0, 0.1) is 0 Å². The van der Waals surface area contributed by atoms with Crippen molar-refractivity contribution in [2.75, 3.05) is 18.2 Å². The number of rotatable bonds is 6. The lowest BCUT2D eigenvalue weighted by molar-refractivity contribution is -0.274. The number of anilines is 2. The highest BCUT2D eigenvalue weighted by molar-refractivity contribution is 5.94. The average molecular weight is 458 g/mol. The number of carbonyl (C=O) groups excluding carboxylic acids is 1. The summed E-state index contributed by atoms with van der Waals surface area (Å²) in [5.74, 6) is -0.756. The monoisotopic (exact) mass is 458 g/mol. The number of ether oxygens (including phenoxy) is 2. The molecule has 33 heavy (non-hydrogen) atoms. The molecule has 0 aliphatic heterocycles. The predicted octanol–water partition coefficient (Wildman–Crippen LogP) is 3.46. The number of benzene rings is 1. The Morgan fingerprint density at radius 3 is 2.73 bits per heavy atom. The van der Waals surface area contributed by atoms with Gasteiger partial charge in [-0.15, -0.1) is 18.3 Å². The van der Waals surface area contributed by atoms with Crippen molar-refractivity contribution in [2.45, 2.75) is 12.8 Å². The summed E-state index contributed by atoms with van der Waals surface area (Å²) in [5, 5.41) is 6.65. The minimum absolute atomic E-state index is 0.0743. The topological polar surface area (TPSA) is 117 Å². The van der Waals surface area contributed by atoms with Gasteiger partial charge in [-0.1, -0.05) is 18.2 Å². The van der Waals surface area contributed by atoms with E-state index in [0.717, 1.165) is 11.6 Å². The van der Waals surface area contributed by atoms with E-state index < -0.39 is 18.0 Å².